The van der Waals surface area contributed by atoms with Gasteiger partial charge in [0.05, 0.1) is 0 Å². The van der Waals surface area contributed by atoms with Crippen LogP contribution in [0.3, 0.4) is 0 Å². The van der Waals surface area contributed by atoms with Crippen LogP contribution in [-0.2, 0) is 6.54 Å². The van der Waals surface area contributed by atoms with Gasteiger partial charge in [-0.3, -0.25) is 9.78 Å². The van der Waals surface area contributed by atoms with Gasteiger partial charge in [0.25, 0.3) is 0 Å². The van der Waals surface area contributed by atoms with Crippen molar-refractivity contribution in [2.24, 2.45) is 5.73 Å². The number of hydrogen-bond acceptors (Lipinski definition) is 3. The fraction of sp³-hybridized carbons (Fsp3) is 0.250. The van der Waals surface area contributed by atoms with Gasteiger partial charge >= 0.3 is 0 Å². The van der Waals surface area contributed by atoms with Crippen molar-refractivity contribution < 1.29 is 4.79 Å². The standard InChI is InChI=1S/C16H19N3O/c1-11-9-14(16(17)20)3-4-15(11)10-19-12(2)13-5-7-18-8-6-13/h3-9,12,19H,10H2,1-2H3,(H2,17,20)/t12-/m1/s1. The van der Waals surface area contributed by atoms with E-state index in [0.717, 1.165) is 17.7 Å². The van der Waals surface area contributed by atoms with Crippen molar-refractivity contribution in [3.63, 3.8) is 0 Å². The maximum atomic E-state index is 11.1. The predicted octanol–water partition coefficient (Wildman–Crippen LogP) is 2.34. The summed E-state index contributed by atoms with van der Waals surface area (Å²) in [6, 6.07) is 9.79. The van der Waals surface area contributed by atoms with Crippen LogP contribution >= 0.6 is 0 Å². The molecule has 104 valence electrons. The molecular weight excluding hydrogens is 250 g/mol. The molecule has 3 N–H and O–H groups in total. The van der Waals surface area contributed by atoms with Crippen LogP contribution in [-0.4, -0.2) is 10.9 Å². The number of nitrogens with two attached hydrogens (primary N) is 1. The van der Waals surface area contributed by atoms with Crippen LogP contribution < -0.4 is 11.1 Å². The van der Waals surface area contributed by atoms with Crippen LogP contribution in [0.5, 0.6) is 0 Å². The number of rotatable bonds is 5. The fourth-order valence-corrected chi connectivity index (χ4v) is 2.08. The minimum atomic E-state index is -0.391. The first kappa shape index (κ1) is 14.2. The lowest BCUT2D eigenvalue weighted by atomic mass is 10.0. The van der Waals surface area contributed by atoms with E-state index in [2.05, 4.69) is 17.2 Å². The minimum Gasteiger partial charge on any atom is -0.366 e. The topological polar surface area (TPSA) is 68.0 Å². The molecule has 0 spiro atoms. The van der Waals surface area contributed by atoms with E-state index in [1.807, 2.05) is 31.2 Å². The van der Waals surface area contributed by atoms with E-state index in [4.69, 9.17) is 5.73 Å². The van der Waals surface area contributed by atoms with Gasteiger partial charge < -0.3 is 11.1 Å². The number of amides is 1. The summed E-state index contributed by atoms with van der Waals surface area (Å²) in [5, 5.41) is 3.46. The molecule has 4 heteroatoms. The van der Waals surface area contributed by atoms with E-state index >= 15 is 0 Å². The number of primary amides is 1. The molecule has 0 radical (unpaired) electrons. The number of benzene rings is 1. The van der Waals surface area contributed by atoms with E-state index in [1.54, 1.807) is 18.5 Å². The van der Waals surface area contributed by atoms with Crippen LogP contribution in [0, 0.1) is 6.92 Å². The van der Waals surface area contributed by atoms with Crippen LogP contribution in [0.2, 0.25) is 0 Å². The number of aryl methyl sites for hydroxylation is 1. The second-order valence-electron chi connectivity index (χ2n) is 4.89. The Morgan fingerprint density at radius 1 is 1.30 bits per heavy atom. The van der Waals surface area contributed by atoms with Crippen LogP contribution in [0.1, 0.15) is 40.0 Å². The molecule has 0 saturated carbocycles. The molecule has 1 aromatic carbocycles. The summed E-state index contributed by atoms with van der Waals surface area (Å²) in [4.78, 5) is 15.1. The predicted molar refractivity (Wildman–Crippen MR) is 79.2 cm³/mol. The largest absolute Gasteiger partial charge is 0.366 e. The van der Waals surface area contributed by atoms with E-state index < -0.39 is 5.91 Å². The third-order valence-corrected chi connectivity index (χ3v) is 3.43. The van der Waals surface area contributed by atoms with Gasteiger partial charge in [-0.25, -0.2) is 0 Å². The lowest BCUT2D eigenvalue weighted by Gasteiger charge is -2.15. The van der Waals surface area contributed by atoms with Gasteiger partial charge in [0, 0.05) is 30.5 Å². The van der Waals surface area contributed by atoms with Crippen LogP contribution in [0.15, 0.2) is 42.7 Å². The molecule has 2 rings (SSSR count). The van der Waals surface area contributed by atoms with Gasteiger partial charge in [-0.1, -0.05) is 6.07 Å². The van der Waals surface area contributed by atoms with E-state index in [9.17, 15) is 4.79 Å². The van der Waals surface area contributed by atoms with E-state index in [-0.39, 0.29) is 6.04 Å². The number of pyridine rings is 1. The molecule has 1 atom stereocenters. The second-order valence-corrected chi connectivity index (χ2v) is 4.89. The minimum absolute atomic E-state index is 0.244. The SMILES string of the molecule is Cc1cc(C(N)=O)ccc1CN[C@H](C)c1ccncc1. The Labute approximate surface area is 119 Å². The van der Waals surface area contributed by atoms with Crippen molar-refractivity contribution in [1.29, 1.82) is 0 Å². The van der Waals surface area contributed by atoms with Crippen molar-refractivity contribution in [3.8, 4) is 0 Å². The number of aromatic nitrogens is 1. The first-order chi connectivity index (χ1) is 9.58. The Morgan fingerprint density at radius 2 is 2.00 bits per heavy atom. The van der Waals surface area contributed by atoms with Crippen molar-refractivity contribution in [3.05, 3.63) is 65.0 Å². The summed E-state index contributed by atoms with van der Waals surface area (Å²) in [5.41, 5.74) is 9.25. The van der Waals surface area contributed by atoms with Crippen molar-refractivity contribution >= 4 is 5.91 Å². The first-order valence-electron chi connectivity index (χ1n) is 6.60. The molecule has 0 bridgehead atoms. The number of nitrogens with zero attached hydrogens (tertiary/aromatic N) is 1. The molecular formula is C16H19N3O. The normalized spacial score (nSPS) is 12.1. The zero-order valence-corrected chi connectivity index (χ0v) is 11.8. The van der Waals surface area contributed by atoms with Gasteiger partial charge in [0.15, 0.2) is 0 Å². The number of carbonyl (C=O) groups excluding carboxylic acids is 1. The summed E-state index contributed by atoms with van der Waals surface area (Å²) in [6.07, 6.45) is 3.58. The van der Waals surface area contributed by atoms with E-state index in [0.29, 0.717) is 5.56 Å². The molecule has 0 saturated heterocycles. The smallest absolute Gasteiger partial charge is 0.248 e. The number of nitrogens with one attached hydrogen (secondary N) is 1. The average Bonchev–Trinajstić information content (AvgIpc) is 2.46. The maximum absolute atomic E-state index is 11.1. The molecule has 2 aromatic rings. The van der Waals surface area contributed by atoms with Gasteiger partial charge in [0.2, 0.25) is 5.91 Å². The van der Waals surface area contributed by atoms with Crippen LogP contribution in [0.25, 0.3) is 0 Å². The van der Waals surface area contributed by atoms with E-state index in [1.165, 1.54) is 5.56 Å². The molecule has 0 fully saturated rings. The van der Waals surface area contributed by atoms with Crippen molar-refractivity contribution in [1.82, 2.24) is 10.3 Å². The monoisotopic (exact) mass is 269 g/mol. The molecule has 0 aliphatic carbocycles. The van der Waals surface area contributed by atoms with Gasteiger partial charge in [-0.2, -0.15) is 0 Å². The Balaban J connectivity index is 2.02. The Bertz CT molecular complexity index is 596. The molecule has 1 aromatic heterocycles. The quantitative estimate of drug-likeness (QED) is 0.875. The zero-order chi connectivity index (χ0) is 14.5. The highest BCUT2D eigenvalue weighted by molar-refractivity contribution is 5.93. The molecule has 20 heavy (non-hydrogen) atoms. The summed E-state index contributed by atoms with van der Waals surface area (Å²) in [7, 11) is 0. The number of carbonyl (C=O) groups is 1. The van der Waals surface area contributed by atoms with Gasteiger partial charge in [-0.15, -0.1) is 0 Å². The second kappa shape index (κ2) is 6.30. The molecule has 4 nitrogen and oxygen atoms in total. The molecule has 1 heterocycles. The summed E-state index contributed by atoms with van der Waals surface area (Å²) >= 11 is 0. The summed E-state index contributed by atoms with van der Waals surface area (Å²) in [5.74, 6) is -0.391. The van der Waals surface area contributed by atoms with Crippen LogP contribution in [0.4, 0.5) is 0 Å². The van der Waals surface area contributed by atoms with Crippen molar-refractivity contribution in [2.45, 2.75) is 26.4 Å². The lowest BCUT2D eigenvalue weighted by molar-refractivity contribution is 0.1000. The molecule has 1 amide bonds. The van der Waals surface area contributed by atoms with Gasteiger partial charge in [0.1, 0.15) is 0 Å². The summed E-state index contributed by atoms with van der Waals surface area (Å²) < 4.78 is 0. The fourth-order valence-electron chi connectivity index (χ4n) is 2.08. The third-order valence-electron chi connectivity index (χ3n) is 3.43. The Hall–Kier alpha value is -2.20. The third kappa shape index (κ3) is 3.42. The molecule has 0 aliphatic rings. The average molecular weight is 269 g/mol. The number of hydrogen-bond donors (Lipinski definition) is 2. The van der Waals surface area contributed by atoms with Gasteiger partial charge in [-0.05, 0) is 54.8 Å². The molecule has 0 unspecified atom stereocenters. The first-order valence-corrected chi connectivity index (χ1v) is 6.60. The highest BCUT2D eigenvalue weighted by Gasteiger charge is 2.07. The molecule has 0 aliphatic heterocycles. The maximum Gasteiger partial charge on any atom is 0.248 e. The highest BCUT2D eigenvalue weighted by atomic mass is 16.1. The lowest BCUT2D eigenvalue weighted by Crippen LogP contribution is -2.19. The Kier molecular flexibility index (Phi) is 4.48. The highest BCUT2D eigenvalue weighted by Crippen LogP contribution is 2.14. The summed E-state index contributed by atoms with van der Waals surface area (Å²) in [6.45, 7) is 4.84. The zero-order valence-electron chi connectivity index (χ0n) is 11.8. The van der Waals surface area contributed by atoms with Crippen molar-refractivity contribution in [2.75, 3.05) is 0 Å². The Morgan fingerprint density at radius 3 is 2.60 bits per heavy atom.